The first-order valence-corrected chi connectivity index (χ1v) is 6.03. The molecule has 0 spiro atoms. The van der Waals surface area contributed by atoms with Crippen LogP contribution in [0.5, 0.6) is 0 Å². The maximum absolute atomic E-state index is 11.6. The van der Waals surface area contributed by atoms with Gasteiger partial charge in [-0.3, -0.25) is 9.78 Å². The number of nitrogens with zero attached hydrogens (tertiary/aromatic N) is 1. The van der Waals surface area contributed by atoms with Crippen LogP contribution in [0.25, 0.3) is 0 Å². The van der Waals surface area contributed by atoms with E-state index < -0.39 is 6.10 Å². The second-order valence-corrected chi connectivity index (χ2v) is 4.53. The third kappa shape index (κ3) is 5.75. The van der Waals surface area contributed by atoms with E-state index in [1.165, 1.54) is 0 Å². The molecule has 1 atom stereocenters. The second-order valence-electron chi connectivity index (χ2n) is 4.53. The smallest absolute Gasteiger partial charge is 0.251 e. The van der Waals surface area contributed by atoms with Gasteiger partial charge in [-0.15, -0.1) is 0 Å². The molecule has 1 aromatic rings. The van der Waals surface area contributed by atoms with Crippen LogP contribution in [0.3, 0.4) is 0 Å². The first kappa shape index (κ1) is 14.6. The number of aliphatic hydroxyl groups is 1. The zero-order valence-corrected chi connectivity index (χ0v) is 10.8. The van der Waals surface area contributed by atoms with Gasteiger partial charge in [0.15, 0.2) is 0 Å². The third-order valence-electron chi connectivity index (χ3n) is 2.20. The highest BCUT2D eigenvalue weighted by molar-refractivity contribution is 5.93. The van der Waals surface area contributed by atoms with E-state index in [-0.39, 0.29) is 19.1 Å². The molecule has 0 aliphatic rings. The number of carbonyl (C=O) groups excluding carboxylic acids is 1. The molecule has 1 amide bonds. The molecule has 0 saturated carbocycles. The number of nitrogens with one attached hydrogen (secondary N) is 1. The lowest BCUT2D eigenvalue weighted by molar-refractivity contribution is 0.0259. The molecule has 0 aliphatic carbocycles. The Labute approximate surface area is 107 Å². The van der Waals surface area contributed by atoms with Crippen molar-refractivity contribution in [3.05, 3.63) is 30.1 Å². The molecule has 5 nitrogen and oxygen atoms in total. The van der Waals surface area contributed by atoms with Gasteiger partial charge in [0.05, 0.1) is 12.7 Å². The molecule has 0 aliphatic heterocycles. The molecular weight excluding hydrogens is 232 g/mol. The molecule has 1 unspecified atom stereocenters. The van der Waals surface area contributed by atoms with Gasteiger partial charge in [0, 0.05) is 31.1 Å². The fraction of sp³-hybridized carbons (Fsp3) is 0.538. The van der Waals surface area contributed by atoms with E-state index in [0.717, 1.165) is 0 Å². The zero-order valence-electron chi connectivity index (χ0n) is 10.8. The summed E-state index contributed by atoms with van der Waals surface area (Å²) in [6.07, 6.45) is 2.42. The fourth-order valence-corrected chi connectivity index (χ4v) is 1.31. The van der Waals surface area contributed by atoms with Gasteiger partial charge in [-0.05, 0) is 18.1 Å². The highest BCUT2D eigenvalue weighted by atomic mass is 16.5. The van der Waals surface area contributed by atoms with Gasteiger partial charge in [0.25, 0.3) is 5.91 Å². The van der Waals surface area contributed by atoms with Crippen molar-refractivity contribution in [1.29, 1.82) is 0 Å². The normalized spacial score (nSPS) is 12.4. The number of ether oxygens (including phenoxy) is 1. The van der Waals surface area contributed by atoms with E-state index >= 15 is 0 Å². The van der Waals surface area contributed by atoms with Crippen LogP contribution in [-0.2, 0) is 4.74 Å². The summed E-state index contributed by atoms with van der Waals surface area (Å²) in [5.74, 6) is 0.212. The summed E-state index contributed by atoms with van der Waals surface area (Å²) in [5, 5.41) is 12.2. The van der Waals surface area contributed by atoms with Crippen LogP contribution in [0.4, 0.5) is 0 Å². The number of aromatic nitrogens is 1. The number of pyridine rings is 1. The molecule has 0 bridgehead atoms. The van der Waals surface area contributed by atoms with Crippen molar-refractivity contribution >= 4 is 5.91 Å². The van der Waals surface area contributed by atoms with E-state index in [1.807, 2.05) is 13.8 Å². The molecular formula is C13H20N2O3. The summed E-state index contributed by atoms with van der Waals surface area (Å²) in [6.45, 7) is 5.10. The summed E-state index contributed by atoms with van der Waals surface area (Å²) < 4.78 is 5.28. The van der Waals surface area contributed by atoms with Crippen molar-refractivity contribution in [3.8, 4) is 0 Å². The van der Waals surface area contributed by atoms with Gasteiger partial charge in [-0.1, -0.05) is 13.8 Å². The minimum atomic E-state index is -0.686. The van der Waals surface area contributed by atoms with Crippen molar-refractivity contribution in [2.24, 2.45) is 5.92 Å². The zero-order chi connectivity index (χ0) is 13.4. The minimum Gasteiger partial charge on any atom is -0.389 e. The average Bonchev–Trinajstić information content (AvgIpc) is 2.36. The summed E-state index contributed by atoms with van der Waals surface area (Å²) >= 11 is 0. The third-order valence-corrected chi connectivity index (χ3v) is 2.20. The maximum atomic E-state index is 11.6. The lowest BCUT2D eigenvalue weighted by Gasteiger charge is -2.13. The van der Waals surface area contributed by atoms with Crippen LogP contribution in [-0.4, -0.2) is 41.9 Å². The molecule has 100 valence electrons. The van der Waals surface area contributed by atoms with Gasteiger partial charge < -0.3 is 15.2 Å². The summed E-state index contributed by atoms with van der Waals surface area (Å²) in [4.78, 5) is 15.5. The lowest BCUT2D eigenvalue weighted by atomic mass is 10.2. The molecule has 1 rings (SSSR count). The monoisotopic (exact) mass is 252 g/mol. The van der Waals surface area contributed by atoms with Gasteiger partial charge >= 0.3 is 0 Å². The van der Waals surface area contributed by atoms with E-state index in [0.29, 0.717) is 18.1 Å². The summed E-state index contributed by atoms with van der Waals surface area (Å²) in [6, 6.07) is 3.24. The molecule has 0 saturated heterocycles. The number of rotatable bonds is 7. The van der Waals surface area contributed by atoms with Crippen LogP contribution in [0.2, 0.25) is 0 Å². The van der Waals surface area contributed by atoms with Crippen LogP contribution in [0.15, 0.2) is 24.5 Å². The van der Waals surface area contributed by atoms with E-state index in [1.54, 1.807) is 24.5 Å². The Kier molecular flexibility index (Phi) is 6.32. The quantitative estimate of drug-likeness (QED) is 0.754. The maximum Gasteiger partial charge on any atom is 0.251 e. The molecule has 0 aromatic carbocycles. The SMILES string of the molecule is CC(C)COCC(O)CNC(=O)c1ccncc1. The van der Waals surface area contributed by atoms with Crippen molar-refractivity contribution < 1.29 is 14.6 Å². The first-order chi connectivity index (χ1) is 8.59. The predicted molar refractivity (Wildman–Crippen MR) is 68.2 cm³/mol. The Morgan fingerprint density at radius 3 is 2.67 bits per heavy atom. The topological polar surface area (TPSA) is 71.5 Å². The van der Waals surface area contributed by atoms with Crippen LogP contribution < -0.4 is 5.32 Å². The summed E-state index contributed by atoms with van der Waals surface area (Å²) in [7, 11) is 0. The van der Waals surface area contributed by atoms with Crippen LogP contribution in [0, 0.1) is 5.92 Å². The predicted octanol–water partition coefficient (Wildman–Crippen LogP) is 0.845. The number of hydrogen-bond donors (Lipinski definition) is 2. The molecule has 2 N–H and O–H groups in total. The number of hydrogen-bond acceptors (Lipinski definition) is 4. The molecule has 18 heavy (non-hydrogen) atoms. The Morgan fingerprint density at radius 1 is 1.39 bits per heavy atom. The lowest BCUT2D eigenvalue weighted by Crippen LogP contribution is -2.34. The molecule has 0 radical (unpaired) electrons. The van der Waals surface area contributed by atoms with Gasteiger partial charge in [0.2, 0.25) is 0 Å². The average molecular weight is 252 g/mol. The van der Waals surface area contributed by atoms with Crippen molar-refractivity contribution in [3.63, 3.8) is 0 Å². The van der Waals surface area contributed by atoms with Gasteiger partial charge in [-0.25, -0.2) is 0 Å². The van der Waals surface area contributed by atoms with Crippen LogP contribution >= 0.6 is 0 Å². The van der Waals surface area contributed by atoms with E-state index in [4.69, 9.17) is 4.74 Å². The number of amides is 1. The molecule has 1 heterocycles. The highest BCUT2D eigenvalue weighted by Gasteiger charge is 2.09. The van der Waals surface area contributed by atoms with Crippen molar-refractivity contribution in [2.45, 2.75) is 20.0 Å². The Balaban J connectivity index is 2.22. The van der Waals surface area contributed by atoms with Crippen LogP contribution in [0.1, 0.15) is 24.2 Å². The molecule has 1 aromatic heterocycles. The van der Waals surface area contributed by atoms with E-state index in [2.05, 4.69) is 10.3 Å². The molecule has 5 heteroatoms. The van der Waals surface area contributed by atoms with E-state index in [9.17, 15) is 9.90 Å². The Hall–Kier alpha value is -1.46. The second kappa shape index (κ2) is 7.79. The largest absolute Gasteiger partial charge is 0.389 e. The first-order valence-electron chi connectivity index (χ1n) is 6.03. The van der Waals surface area contributed by atoms with Gasteiger partial charge in [0.1, 0.15) is 0 Å². The minimum absolute atomic E-state index is 0.180. The number of aliphatic hydroxyl groups excluding tert-OH is 1. The fourth-order valence-electron chi connectivity index (χ4n) is 1.31. The Bertz CT molecular complexity index is 355. The van der Waals surface area contributed by atoms with Gasteiger partial charge in [-0.2, -0.15) is 0 Å². The standard InChI is InChI=1S/C13H20N2O3/c1-10(2)8-18-9-12(16)7-15-13(17)11-3-5-14-6-4-11/h3-6,10,12,16H,7-9H2,1-2H3,(H,15,17). The highest BCUT2D eigenvalue weighted by Crippen LogP contribution is 1.97. The van der Waals surface area contributed by atoms with Crippen molar-refractivity contribution in [1.82, 2.24) is 10.3 Å². The molecule has 0 fully saturated rings. The Morgan fingerprint density at radius 2 is 2.06 bits per heavy atom. The van der Waals surface area contributed by atoms with Crippen molar-refractivity contribution in [2.75, 3.05) is 19.8 Å². The number of carbonyl (C=O) groups is 1. The summed E-state index contributed by atoms with van der Waals surface area (Å²) in [5.41, 5.74) is 0.528.